The summed E-state index contributed by atoms with van der Waals surface area (Å²) < 4.78 is 0. The summed E-state index contributed by atoms with van der Waals surface area (Å²) in [6.07, 6.45) is 2.50. The van der Waals surface area contributed by atoms with E-state index >= 15 is 0 Å². The number of likely N-dealkylation sites (N-methyl/N-ethyl adjacent to an activating group) is 1. The van der Waals surface area contributed by atoms with Crippen molar-refractivity contribution in [3.05, 3.63) is 29.8 Å². The van der Waals surface area contributed by atoms with Gasteiger partial charge >= 0.3 is 5.97 Å². The number of carbonyl (C=O) groups is 1. The molecule has 21 heavy (non-hydrogen) atoms. The van der Waals surface area contributed by atoms with Gasteiger partial charge in [0, 0.05) is 19.3 Å². The molecule has 1 aromatic rings. The first kappa shape index (κ1) is 17.5. The molecule has 0 aliphatic carbocycles. The molecule has 0 heterocycles. The first-order chi connectivity index (χ1) is 9.92. The van der Waals surface area contributed by atoms with Crippen LogP contribution in [0, 0.1) is 0 Å². The first-order valence-electron chi connectivity index (χ1n) is 7.71. The minimum absolute atomic E-state index is 0.619. The van der Waals surface area contributed by atoms with Gasteiger partial charge in [0.1, 0.15) is 5.54 Å². The molecule has 0 saturated carbocycles. The lowest BCUT2D eigenvalue weighted by Gasteiger charge is -2.27. The fourth-order valence-electron chi connectivity index (χ4n) is 2.45. The second kappa shape index (κ2) is 8.03. The largest absolute Gasteiger partial charge is 0.480 e. The Balaban J connectivity index is 2.51. The van der Waals surface area contributed by atoms with Gasteiger partial charge < -0.3 is 15.3 Å². The normalized spacial score (nSPS) is 13.7. The van der Waals surface area contributed by atoms with Crippen molar-refractivity contribution in [3.63, 3.8) is 0 Å². The fraction of sp³-hybridized carbons (Fsp3) is 0.588. The van der Waals surface area contributed by atoms with Gasteiger partial charge in [-0.25, -0.2) is 0 Å². The predicted octanol–water partition coefficient (Wildman–Crippen LogP) is 2.92. The van der Waals surface area contributed by atoms with E-state index in [4.69, 9.17) is 0 Å². The molecule has 1 aromatic carbocycles. The molecule has 0 aliphatic heterocycles. The molecule has 1 unspecified atom stereocenters. The van der Waals surface area contributed by atoms with Gasteiger partial charge in [0.05, 0.1) is 0 Å². The van der Waals surface area contributed by atoms with Crippen molar-refractivity contribution >= 4 is 11.7 Å². The SMILES string of the molecule is CCNC(C)(CCCN(C)c1ccc(CC)cc1)C(=O)O. The van der Waals surface area contributed by atoms with E-state index in [2.05, 4.69) is 41.4 Å². The van der Waals surface area contributed by atoms with Crippen molar-refractivity contribution < 1.29 is 9.90 Å². The summed E-state index contributed by atoms with van der Waals surface area (Å²) in [6, 6.07) is 8.54. The van der Waals surface area contributed by atoms with Crippen molar-refractivity contribution in [2.24, 2.45) is 0 Å². The lowest BCUT2D eigenvalue weighted by molar-refractivity contribution is -0.144. The maximum atomic E-state index is 11.4. The Morgan fingerprint density at radius 3 is 2.38 bits per heavy atom. The molecule has 4 heteroatoms. The first-order valence-corrected chi connectivity index (χ1v) is 7.71. The van der Waals surface area contributed by atoms with E-state index in [-0.39, 0.29) is 0 Å². The minimum atomic E-state index is -0.832. The second-order valence-corrected chi connectivity index (χ2v) is 5.71. The second-order valence-electron chi connectivity index (χ2n) is 5.71. The Bertz CT molecular complexity index is 445. The van der Waals surface area contributed by atoms with Gasteiger partial charge in [-0.3, -0.25) is 4.79 Å². The van der Waals surface area contributed by atoms with Gasteiger partial charge in [0.2, 0.25) is 0 Å². The Labute approximate surface area is 128 Å². The highest BCUT2D eigenvalue weighted by Gasteiger charge is 2.31. The highest BCUT2D eigenvalue weighted by atomic mass is 16.4. The maximum absolute atomic E-state index is 11.4. The summed E-state index contributed by atoms with van der Waals surface area (Å²) in [7, 11) is 2.05. The zero-order valence-electron chi connectivity index (χ0n) is 13.6. The van der Waals surface area contributed by atoms with Gasteiger partial charge in [-0.1, -0.05) is 26.0 Å². The van der Waals surface area contributed by atoms with Crippen LogP contribution >= 0.6 is 0 Å². The summed E-state index contributed by atoms with van der Waals surface area (Å²) in [4.78, 5) is 13.5. The van der Waals surface area contributed by atoms with E-state index in [9.17, 15) is 9.90 Å². The number of rotatable bonds is 9. The molecule has 0 saturated heterocycles. The monoisotopic (exact) mass is 292 g/mol. The van der Waals surface area contributed by atoms with E-state index in [0.29, 0.717) is 13.0 Å². The van der Waals surface area contributed by atoms with Crippen LogP contribution in [0.15, 0.2) is 24.3 Å². The zero-order chi connectivity index (χ0) is 15.9. The van der Waals surface area contributed by atoms with Crippen LogP contribution in [0.25, 0.3) is 0 Å². The highest BCUT2D eigenvalue weighted by molar-refractivity contribution is 5.78. The Morgan fingerprint density at radius 2 is 1.90 bits per heavy atom. The highest BCUT2D eigenvalue weighted by Crippen LogP contribution is 2.17. The molecule has 0 bridgehead atoms. The summed E-state index contributed by atoms with van der Waals surface area (Å²) >= 11 is 0. The molecule has 118 valence electrons. The number of hydrogen-bond donors (Lipinski definition) is 2. The van der Waals surface area contributed by atoms with E-state index in [1.807, 2.05) is 14.0 Å². The third-order valence-electron chi connectivity index (χ3n) is 3.99. The van der Waals surface area contributed by atoms with Gasteiger partial charge in [-0.15, -0.1) is 0 Å². The van der Waals surface area contributed by atoms with Crippen molar-refractivity contribution in [2.45, 2.75) is 45.6 Å². The number of benzene rings is 1. The van der Waals surface area contributed by atoms with Gasteiger partial charge in [-0.2, -0.15) is 0 Å². The molecule has 2 N–H and O–H groups in total. The number of aliphatic carboxylic acids is 1. The molecule has 0 amide bonds. The Morgan fingerprint density at radius 1 is 1.29 bits per heavy atom. The summed E-state index contributed by atoms with van der Waals surface area (Å²) in [5.41, 5.74) is 1.67. The average molecular weight is 292 g/mol. The molecule has 1 rings (SSSR count). The van der Waals surface area contributed by atoms with Crippen LogP contribution in [0.5, 0.6) is 0 Å². The number of anilines is 1. The molecule has 0 spiro atoms. The third-order valence-corrected chi connectivity index (χ3v) is 3.99. The molecule has 0 fully saturated rings. The van der Waals surface area contributed by atoms with Crippen LogP contribution in [0.4, 0.5) is 5.69 Å². The standard InChI is InChI=1S/C17H28N2O2/c1-5-14-8-10-15(11-9-14)19(4)13-7-12-17(3,16(20)21)18-6-2/h8-11,18H,5-7,12-13H2,1-4H3,(H,20,21). The van der Waals surface area contributed by atoms with Crippen LogP contribution in [-0.4, -0.2) is 36.8 Å². The number of nitrogens with one attached hydrogen (secondary N) is 1. The van der Waals surface area contributed by atoms with Crippen molar-refractivity contribution in [1.29, 1.82) is 0 Å². The number of hydrogen-bond acceptors (Lipinski definition) is 3. The number of aryl methyl sites for hydroxylation is 1. The van der Waals surface area contributed by atoms with Crippen LogP contribution in [0.2, 0.25) is 0 Å². The van der Waals surface area contributed by atoms with Crippen molar-refractivity contribution in [2.75, 3.05) is 25.0 Å². The van der Waals surface area contributed by atoms with Crippen LogP contribution in [0.3, 0.4) is 0 Å². The molecule has 0 aliphatic rings. The Hall–Kier alpha value is -1.55. The number of nitrogens with zero attached hydrogens (tertiary/aromatic N) is 1. The summed E-state index contributed by atoms with van der Waals surface area (Å²) in [5, 5.41) is 12.4. The summed E-state index contributed by atoms with van der Waals surface area (Å²) in [6.45, 7) is 7.35. The molecular formula is C17H28N2O2. The van der Waals surface area contributed by atoms with Crippen molar-refractivity contribution in [3.8, 4) is 0 Å². The van der Waals surface area contributed by atoms with E-state index in [0.717, 1.165) is 19.4 Å². The number of carboxylic acids is 1. The van der Waals surface area contributed by atoms with Gasteiger partial charge in [-0.05, 0) is 50.4 Å². The Kier molecular flexibility index (Phi) is 6.69. The van der Waals surface area contributed by atoms with E-state index in [1.165, 1.54) is 11.3 Å². The van der Waals surface area contributed by atoms with Gasteiger partial charge in [0.25, 0.3) is 0 Å². The molecule has 0 aromatic heterocycles. The lowest BCUT2D eigenvalue weighted by Crippen LogP contribution is -2.49. The predicted molar refractivity (Wildman–Crippen MR) is 88.0 cm³/mol. The van der Waals surface area contributed by atoms with E-state index < -0.39 is 11.5 Å². The van der Waals surface area contributed by atoms with Crippen LogP contribution < -0.4 is 10.2 Å². The third kappa shape index (κ3) is 5.05. The maximum Gasteiger partial charge on any atom is 0.323 e. The van der Waals surface area contributed by atoms with Crippen molar-refractivity contribution in [1.82, 2.24) is 5.32 Å². The van der Waals surface area contributed by atoms with Gasteiger partial charge in [0.15, 0.2) is 0 Å². The van der Waals surface area contributed by atoms with E-state index in [1.54, 1.807) is 6.92 Å². The van der Waals surface area contributed by atoms with Crippen LogP contribution in [-0.2, 0) is 11.2 Å². The molecular weight excluding hydrogens is 264 g/mol. The lowest BCUT2D eigenvalue weighted by atomic mass is 9.95. The molecule has 1 atom stereocenters. The topological polar surface area (TPSA) is 52.6 Å². The summed E-state index contributed by atoms with van der Waals surface area (Å²) in [5.74, 6) is -0.778. The minimum Gasteiger partial charge on any atom is -0.480 e. The van der Waals surface area contributed by atoms with Crippen LogP contribution in [0.1, 0.15) is 39.2 Å². The number of carboxylic acid groups (broad SMARTS) is 1. The quantitative estimate of drug-likeness (QED) is 0.735. The smallest absolute Gasteiger partial charge is 0.323 e. The average Bonchev–Trinajstić information content (AvgIpc) is 2.47. The molecule has 0 radical (unpaired) electrons. The zero-order valence-corrected chi connectivity index (χ0v) is 13.6. The molecule has 4 nitrogen and oxygen atoms in total. The fourth-order valence-corrected chi connectivity index (χ4v) is 2.45.